The standard InChI is InChI=1S/C28H31N7O4S/c1-3-10-33(28(38)30-2)34-16-24(36)35-20(13-17-7-8-21-18(12-17)9-11-39-21)26(37)32(15-23(34)35)14-19-5-4-6-22-25(19)31-27(29)40-22/h4-9,11-12,20,23H,3,10,13-16H2,1-2H3,(H2,29,31)(H,30,38)/t20-,23+/m0/s1. The number of nitrogen functional groups attached to an aromatic ring is 1. The van der Waals surface area contributed by atoms with Gasteiger partial charge in [0.25, 0.3) is 0 Å². The van der Waals surface area contributed by atoms with Crippen molar-refractivity contribution in [1.29, 1.82) is 0 Å². The first kappa shape index (κ1) is 26.1. The van der Waals surface area contributed by atoms with Crippen LogP contribution in [-0.4, -0.2) is 81.5 Å². The quantitative estimate of drug-likeness (QED) is 0.355. The van der Waals surface area contributed by atoms with Gasteiger partial charge in [-0.1, -0.05) is 36.5 Å². The highest BCUT2D eigenvalue weighted by Crippen LogP contribution is 2.33. The fourth-order valence-electron chi connectivity index (χ4n) is 5.80. The minimum Gasteiger partial charge on any atom is -0.464 e. The summed E-state index contributed by atoms with van der Waals surface area (Å²) in [5.74, 6) is -0.312. The van der Waals surface area contributed by atoms with E-state index >= 15 is 0 Å². The van der Waals surface area contributed by atoms with Crippen molar-refractivity contribution in [3.63, 3.8) is 0 Å². The molecule has 4 heterocycles. The predicted molar refractivity (Wildman–Crippen MR) is 152 cm³/mol. The zero-order chi connectivity index (χ0) is 28.0. The maximum atomic E-state index is 14.1. The Balaban J connectivity index is 1.38. The lowest BCUT2D eigenvalue weighted by molar-refractivity contribution is -0.157. The summed E-state index contributed by atoms with van der Waals surface area (Å²) >= 11 is 1.41. The summed E-state index contributed by atoms with van der Waals surface area (Å²) in [5.41, 5.74) is 9.34. The SMILES string of the molecule is CCCN(C(=O)NC)N1CC(=O)N2[C@@H](Cc3ccc4occc4c3)C(=O)N(Cc3cccc4sc(N)nc34)C[C@@H]21. The Morgan fingerprint density at radius 3 is 2.90 bits per heavy atom. The Kier molecular flexibility index (Phi) is 6.80. The van der Waals surface area contributed by atoms with Crippen LogP contribution in [0.4, 0.5) is 9.93 Å². The minimum absolute atomic E-state index is 0.0225. The van der Waals surface area contributed by atoms with Gasteiger partial charge in [0.1, 0.15) is 17.8 Å². The van der Waals surface area contributed by atoms with Crippen LogP contribution in [0.15, 0.2) is 53.1 Å². The van der Waals surface area contributed by atoms with Gasteiger partial charge in [-0.2, -0.15) is 5.01 Å². The molecular formula is C28H31N7O4S. The predicted octanol–water partition coefficient (Wildman–Crippen LogP) is 3.01. The lowest BCUT2D eigenvalue weighted by Gasteiger charge is -2.46. The molecule has 208 valence electrons. The summed E-state index contributed by atoms with van der Waals surface area (Å²) in [6, 6.07) is 12.5. The van der Waals surface area contributed by atoms with Gasteiger partial charge in [-0.05, 0) is 41.8 Å². The van der Waals surface area contributed by atoms with Gasteiger partial charge in [0, 0.05) is 31.9 Å². The Morgan fingerprint density at radius 1 is 1.25 bits per heavy atom. The highest BCUT2D eigenvalue weighted by Gasteiger charge is 2.52. The summed E-state index contributed by atoms with van der Waals surface area (Å²) in [6.07, 6.45) is 2.20. The van der Waals surface area contributed by atoms with Crippen LogP contribution in [0.1, 0.15) is 24.5 Å². The van der Waals surface area contributed by atoms with Gasteiger partial charge in [-0.3, -0.25) is 14.6 Å². The number of nitrogens with zero attached hydrogens (tertiary/aromatic N) is 5. The highest BCUT2D eigenvalue weighted by atomic mass is 32.1. The van der Waals surface area contributed by atoms with Crippen LogP contribution in [0.3, 0.4) is 0 Å². The second kappa shape index (κ2) is 10.4. The number of hydrogen-bond donors (Lipinski definition) is 2. The van der Waals surface area contributed by atoms with E-state index in [1.165, 1.54) is 11.3 Å². The van der Waals surface area contributed by atoms with E-state index in [4.69, 9.17) is 10.2 Å². The van der Waals surface area contributed by atoms with E-state index in [1.807, 2.05) is 49.4 Å². The van der Waals surface area contributed by atoms with Gasteiger partial charge in [0.2, 0.25) is 11.8 Å². The van der Waals surface area contributed by atoms with E-state index in [2.05, 4.69) is 10.3 Å². The van der Waals surface area contributed by atoms with E-state index in [-0.39, 0.29) is 30.9 Å². The number of furan rings is 1. The molecule has 0 spiro atoms. The fraction of sp³-hybridized carbons (Fsp3) is 0.357. The molecule has 2 aromatic carbocycles. The first-order valence-corrected chi connectivity index (χ1v) is 14.2. The lowest BCUT2D eigenvalue weighted by Crippen LogP contribution is -2.66. The molecule has 2 aliphatic rings. The maximum Gasteiger partial charge on any atom is 0.331 e. The molecule has 11 nitrogen and oxygen atoms in total. The number of hydrazine groups is 1. The Morgan fingerprint density at radius 2 is 2.10 bits per heavy atom. The third-order valence-corrected chi connectivity index (χ3v) is 8.44. The average molecular weight is 562 g/mol. The number of thiazole rings is 1. The van der Waals surface area contributed by atoms with Crippen molar-refractivity contribution < 1.29 is 18.8 Å². The number of para-hydroxylation sites is 1. The summed E-state index contributed by atoms with van der Waals surface area (Å²) in [6.45, 7) is 3.03. The number of rotatable bonds is 7. The maximum absolute atomic E-state index is 14.1. The number of amides is 4. The smallest absolute Gasteiger partial charge is 0.331 e. The molecule has 6 rings (SSSR count). The normalized spacial score (nSPS) is 19.6. The second-order valence-electron chi connectivity index (χ2n) is 10.1. The summed E-state index contributed by atoms with van der Waals surface area (Å²) in [5, 5.41) is 7.49. The van der Waals surface area contributed by atoms with Crippen LogP contribution in [0.25, 0.3) is 21.2 Å². The van der Waals surface area contributed by atoms with Crippen molar-refractivity contribution in [3.8, 4) is 0 Å². The molecule has 4 amide bonds. The van der Waals surface area contributed by atoms with Crippen molar-refractivity contribution in [2.75, 3.05) is 32.4 Å². The van der Waals surface area contributed by atoms with Crippen LogP contribution < -0.4 is 11.1 Å². The molecule has 2 saturated heterocycles. The largest absolute Gasteiger partial charge is 0.464 e. The number of benzene rings is 2. The van der Waals surface area contributed by atoms with Crippen LogP contribution in [0, 0.1) is 0 Å². The molecule has 0 radical (unpaired) electrons. The summed E-state index contributed by atoms with van der Waals surface area (Å²) in [7, 11) is 1.58. The summed E-state index contributed by atoms with van der Waals surface area (Å²) < 4.78 is 6.44. The van der Waals surface area contributed by atoms with Gasteiger partial charge in [0.15, 0.2) is 5.13 Å². The molecule has 2 aliphatic heterocycles. The Hall–Kier alpha value is -4.16. The summed E-state index contributed by atoms with van der Waals surface area (Å²) in [4.78, 5) is 48.5. The van der Waals surface area contributed by atoms with E-state index in [0.29, 0.717) is 24.6 Å². The third kappa shape index (κ3) is 4.52. The van der Waals surface area contributed by atoms with Crippen LogP contribution in [0.2, 0.25) is 0 Å². The molecule has 2 aromatic heterocycles. The van der Waals surface area contributed by atoms with Crippen LogP contribution in [0.5, 0.6) is 0 Å². The van der Waals surface area contributed by atoms with Crippen molar-refractivity contribution in [3.05, 3.63) is 59.9 Å². The van der Waals surface area contributed by atoms with E-state index in [0.717, 1.165) is 38.7 Å². The number of urea groups is 1. The van der Waals surface area contributed by atoms with Gasteiger partial charge < -0.3 is 25.3 Å². The molecule has 12 heteroatoms. The van der Waals surface area contributed by atoms with Gasteiger partial charge in [-0.25, -0.2) is 9.78 Å². The monoisotopic (exact) mass is 561 g/mol. The molecule has 0 unspecified atom stereocenters. The van der Waals surface area contributed by atoms with Gasteiger partial charge >= 0.3 is 6.03 Å². The van der Waals surface area contributed by atoms with Crippen molar-refractivity contribution >= 4 is 55.5 Å². The van der Waals surface area contributed by atoms with Crippen molar-refractivity contribution in [2.24, 2.45) is 0 Å². The zero-order valence-electron chi connectivity index (χ0n) is 22.4. The number of nitrogens with one attached hydrogen (secondary N) is 1. The molecule has 0 saturated carbocycles. The number of nitrogens with two attached hydrogens (primary N) is 1. The van der Waals surface area contributed by atoms with Gasteiger partial charge in [-0.15, -0.1) is 0 Å². The topological polar surface area (TPSA) is 128 Å². The van der Waals surface area contributed by atoms with Crippen LogP contribution >= 0.6 is 11.3 Å². The van der Waals surface area contributed by atoms with Crippen molar-refractivity contribution in [2.45, 2.75) is 38.5 Å². The van der Waals surface area contributed by atoms with E-state index in [9.17, 15) is 14.4 Å². The minimum atomic E-state index is -0.728. The molecule has 3 N–H and O–H groups in total. The van der Waals surface area contributed by atoms with Crippen molar-refractivity contribution in [1.82, 2.24) is 30.1 Å². The van der Waals surface area contributed by atoms with Crippen LogP contribution in [-0.2, 0) is 22.6 Å². The number of aromatic nitrogens is 1. The fourth-order valence-corrected chi connectivity index (χ4v) is 6.58. The molecule has 2 atom stereocenters. The first-order chi connectivity index (χ1) is 19.4. The third-order valence-electron chi connectivity index (χ3n) is 7.59. The molecule has 4 aromatic rings. The highest BCUT2D eigenvalue weighted by molar-refractivity contribution is 7.22. The number of piperazine rings is 1. The number of carbonyl (C=O) groups is 3. The Bertz CT molecular complexity index is 1600. The van der Waals surface area contributed by atoms with E-state index < -0.39 is 12.2 Å². The molecule has 0 aliphatic carbocycles. The lowest BCUT2D eigenvalue weighted by atomic mass is 9.99. The van der Waals surface area contributed by atoms with Gasteiger partial charge in [0.05, 0.1) is 29.6 Å². The number of carbonyl (C=O) groups excluding carboxylic acids is 3. The number of anilines is 1. The molecule has 0 bridgehead atoms. The average Bonchev–Trinajstić information content (AvgIpc) is 3.65. The number of fused-ring (bicyclic) bond motifs is 3. The Labute approximate surface area is 235 Å². The van der Waals surface area contributed by atoms with E-state index in [1.54, 1.807) is 33.1 Å². The zero-order valence-corrected chi connectivity index (χ0v) is 23.2. The first-order valence-electron chi connectivity index (χ1n) is 13.3. The molecule has 2 fully saturated rings. The second-order valence-corrected chi connectivity index (χ2v) is 11.2. The number of hydrogen-bond acceptors (Lipinski definition) is 8. The molecule has 40 heavy (non-hydrogen) atoms. The molecular weight excluding hydrogens is 530 g/mol.